The number of hydrogen-bond acceptors (Lipinski definition) is 1. The molecule has 0 amide bonds. The summed E-state index contributed by atoms with van der Waals surface area (Å²) in [4.78, 5) is 0. The molecule has 1 aromatic rings. The van der Waals surface area contributed by atoms with Crippen molar-refractivity contribution in [1.29, 1.82) is 0 Å². The molecule has 0 spiro atoms. The van der Waals surface area contributed by atoms with E-state index < -0.39 is 5.40 Å². The molecule has 0 heterocycles. The van der Waals surface area contributed by atoms with Gasteiger partial charge in [0.25, 0.3) is 0 Å². The summed E-state index contributed by atoms with van der Waals surface area (Å²) in [6.07, 6.45) is 0. The molecule has 0 fully saturated rings. The van der Waals surface area contributed by atoms with E-state index in [1.807, 2.05) is 51.1 Å². The zero-order valence-electron chi connectivity index (χ0n) is 8.95. The summed E-state index contributed by atoms with van der Waals surface area (Å²) in [5.41, 5.74) is 0.411. The summed E-state index contributed by atoms with van der Waals surface area (Å²) >= 11 is 0. The Morgan fingerprint density at radius 2 is 1.50 bits per heavy atom. The molecular formula is C11H14B2O. The third-order valence-electron chi connectivity index (χ3n) is 1.70. The first kappa shape index (κ1) is 11.4. The highest BCUT2D eigenvalue weighted by Gasteiger charge is 2.25. The Kier molecular flexibility index (Phi) is 3.10. The van der Waals surface area contributed by atoms with Gasteiger partial charge in [-0.3, -0.25) is 0 Å². The predicted octanol–water partition coefficient (Wildman–Crippen LogP) is 1.95. The average Bonchev–Trinajstić information content (AvgIpc) is 2.01. The number of ether oxygens (including phenoxy) is 1. The van der Waals surface area contributed by atoms with Gasteiger partial charge in [-0.1, -0.05) is 30.3 Å². The predicted molar refractivity (Wildman–Crippen MR) is 60.5 cm³/mol. The second kappa shape index (κ2) is 3.82. The van der Waals surface area contributed by atoms with E-state index in [9.17, 15) is 0 Å². The van der Waals surface area contributed by atoms with E-state index >= 15 is 0 Å². The van der Waals surface area contributed by atoms with Crippen molar-refractivity contribution in [3.05, 3.63) is 35.9 Å². The van der Waals surface area contributed by atoms with Crippen molar-refractivity contribution in [2.24, 2.45) is 0 Å². The molecule has 1 aromatic carbocycles. The minimum Gasteiger partial charge on any atom is -0.384 e. The van der Waals surface area contributed by atoms with Gasteiger partial charge in [-0.05, 0) is 26.3 Å². The van der Waals surface area contributed by atoms with Crippen LogP contribution < -0.4 is 0 Å². The largest absolute Gasteiger partial charge is 0.384 e. The summed E-state index contributed by atoms with van der Waals surface area (Å²) in [7, 11) is 11.8. The van der Waals surface area contributed by atoms with Gasteiger partial charge in [0.1, 0.15) is 15.7 Å². The first-order chi connectivity index (χ1) is 6.31. The second-order valence-corrected chi connectivity index (χ2v) is 4.37. The van der Waals surface area contributed by atoms with Crippen LogP contribution in [0.1, 0.15) is 26.3 Å². The molecule has 3 heteroatoms. The summed E-state index contributed by atoms with van der Waals surface area (Å²) in [6.45, 7) is 5.76. The maximum atomic E-state index is 5.88. The molecule has 0 saturated carbocycles. The smallest absolute Gasteiger partial charge is 0.106 e. The third-order valence-corrected chi connectivity index (χ3v) is 1.70. The maximum absolute atomic E-state index is 5.88. The van der Waals surface area contributed by atoms with E-state index in [-0.39, 0.29) is 5.60 Å². The summed E-state index contributed by atoms with van der Waals surface area (Å²) < 4.78 is 5.57. The molecule has 4 radical (unpaired) electrons. The van der Waals surface area contributed by atoms with Crippen LogP contribution in [0.4, 0.5) is 0 Å². The van der Waals surface area contributed by atoms with Gasteiger partial charge in [0, 0.05) is 5.40 Å². The molecule has 0 unspecified atom stereocenters. The van der Waals surface area contributed by atoms with Crippen molar-refractivity contribution in [1.82, 2.24) is 0 Å². The molecule has 0 bridgehead atoms. The average molecular weight is 184 g/mol. The minimum atomic E-state index is -1.22. The highest BCUT2D eigenvalue weighted by molar-refractivity contribution is 6.38. The maximum Gasteiger partial charge on any atom is 0.106 e. The Labute approximate surface area is 88.7 Å². The lowest BCUT2D eigenvalue weighted by Crippen LogP contribution is -2.38. The lowest BCUT2D eigenvalue weighted by molar-refractivity contribution is -0.0472. The number of benzene rings is 1. The molecule has 1 nitrogen and oxygen atoms in total. The summed E-state index contributed by atoms with van der Waals surface area (Å²) in [5.74, 6) is 0. The Hall–Kier alpha value is -0.690. The van der Waals surface area contributed by atoms with Crippen LogP contribution >= 0.6 is 0 Å². The van der Waals surface area contributed by atoms with Crippen LogP contribution in [0.15, 0.2) is 30.3 Å². The fourth-order valence-electron chi connectivity index (χ4n) is 1.26. The van der Waals surface area contributed by atoms with Gasteiger partial charge in [-0.25, -0.2) is 0 Å². The van der Waals surface area contributed by atoms with Crippen molar-refractivity contribution in [3.63, 3.8) is 0 Å². The van der Waals surface area contributed by atoms with Gasteiger partial charge in [0.2, 0.25) is 0 Å². The third kappa shape index (κ3) is 3.22. The van der Waals surface area contributed by atoms with Gasteiger partial charge in [0.05, 0.1) is 5.60 Å². The first-order valence-corrected chi connectivity index (χ1v) is 4.65. The fraction of sp³-hybridized carbons (Fsp3) is 0.455. The SMILES string of the molecule is [B]C([B])(OC(C)(C)C)c1ccccc1. The van der Waals surface area contributed by atoms with Crippen LogP contribution in [0.3, 0.4) is 0 Å². The van der Waals surface area contributed by atoms with Crippen LogP contribution in [0.25, 0.3) is 0 Å². The molecular weight excluding hydrogens is 170 g/mol. The van der Waals surface area contributed by atoms with Crippen molar-refractivity contribution in [2.75, 3.05) is 0 Å². The van der Waals surface area contributed by atoms with Crippen LogP contribution in [-0.4, -0.2) is 21.3 Å². The molecule has 0 aliphatic rings. The Morgan fingerprint density at radius 1 is 1.00 bits per heavy atom. The summed E-state index contributed by atoms with van der Waals surface area (Å²) in [6, 6.07) is 9.39. The molecule has 0 aliphatic heterocycles. The number of hydrogen-bond donors (Lipinski definition) is 0. The lowest BCUT2D eigenvalue weighted by atomic mass is 9.61. The van der Waals surface area contributed by atoms with Gasteiger partial charge >= 0.3 is 0 Å². The van der Waals surface area contributed by atoms with Crippen molar-refractivity contribution < 1.29 is 4.74 Å². The van der Waals surface area contributed by atoms with E-state index in [0.29, 0.717) is 0 Å². The molecule has 0 N–H and O–H groups in total. The van der Waals surface area contributed by atoms with Crippen LogP contribution in [0, 0.1) is 0 Å². The van der Waals surface area contributed by atoms with E-state index in [1.54, 1.807) is 0 Å². The van der Waals surface area contributed by atoms with Crippen LogP contribution in [-0.2, 0) is 10.1 Å². The molecule has 0 saturated heterocycles. The van der Waals surface area contributed by atoms with E-state index in [4.69, 9.17) is 20.4 Å². The Bertz CT molecular complexity index is 288. The second-order valence-electron chi connectivity index (χ2n) is 4.37. The topological polar surface area (TPSA) is 9.23 Å². The molecule has 0 aliphatic carbocycles. The summed E-state index contributed by atoms with van der Waals surface area (Å²) in [5, 5.41) is -1.22. The lowest BCUT2D eigenvalue weighted by Gasteiger charge is -2.35. The molecule has 0 aromatic heterocycles. The monoisotopic (exact) mass is 184 g/mol. The van der Waals surface area contributed by atoms with Crippen LogP contribution in [0.5, 0.6) is 0 Å². The van der Waals surface area contributed by atoms with Gasteiger partial charge in [-0.15, -0.1) is 0 Å². The van der Waals surface area contributed by atoms with Gasteiger partial charge in [-0.2, -0.15) is 0 Å². The minimum absolute atomic E-state index is 0.362. The Morgan fingerprint density at radius 3 is 1.93 bits per heavy atom. The van der Waals surface area contributed by atoms with E-state index in [0.717, 1.165) is 5.56 Å². The highest BCUT2D eigenvalue weighted by atomic mass is 16.5. The van der Waals surface area contributed by atoms with Gasteiger partial charge < -0.3 is 4.74 Å². The molecule has 0 atom stereocenters. The Balaban J connectivity index is 2.86. The van der Waals surface area contributed by atoms with Gasteiger partial charge in [0.15, 0.2) is 0 Å². The first-order valence-electron chi connectivity index (χ1n) is 4.65. The quantitative estimate of drug-likeness (QED) is 0.638. The normalized spacial score (nSPS) is 12.8. The van der Waals surface area contributed by atoms with Crippen molar-refractivity contribution in [3.8, 4) is 0 Å². The molecule has 1 rings (SSSR count). The van der Waals surface area contributed by atoms with Crippen molar-refractivity contribution in [2.45, 2.75) is 31.8 Å². The van der Waals surface area contributed by atoms with Crippen LogP contribution in [0.2, 0.25) is 0 Å². The molecule has 14 heavy (non-hydrogen) atoms. The number of rotatable bonds is 2. The zero-order chi connectivity index (χ0) is 10.8. The molecule has 70 valence electrons. The fourth-order valence-corrected chi connectivity index (χ4v) is 1.26. The van der Waals surface area contributed by atoms with E-state index in [2.05, 4.69) is 0 Å². The van der Waals surface area contributed by atoms with E-state index in [1.165, 1.54) is 0 Å². The zero-order valence-corrected chi connectivity index (χ0v) is 8.95. The highest BCUT2D eigenvalue weighted by Crippen LogP contribution is 2.24. The standard InChI is InChI=1S/C11H14B2O/c1-10(2,3)14-11(12,13)9-7-5-4-6-8-9/h4-8H,1-3H3. The van der Waals surface area contributed by atoms with Crippen molar-refractivity contribution >= 4 is 15.7 Å².